The van der Waals surface area contributed by atoms with Crippen LogP contribution >= 0.6 is 0 Å². The van der Waals surface area contributed by atoms with Crippen molar-refractivity contribution in [3.8, 4) is 0 Å². The minimum absolute atomic E-state index is 0.0887. The Bertz CT molecular complexity index is 552. The molecule has 100 valence electrons. The van der Waals surface area contributed by atoms with Gasteiger partial charge in [-0.3, -0.25) is 9.78 Å². The van der Waals surface area contributed by atoms with Crippen LogP contribution < -0.4 is 10.6 Å². The van der Waals surface area contributed by atoms with Gasteiger partial charge >= 0.3 is 0 Å². The van der Waals surface area contributed by atoms with Crippen molar-refractivity contribution in [3.63, 3.8) is 0 Å². The van der Waals surface area contributed by atoms with Gasteiger partial charge in [0, 0.05) is 25.2 Å². The quantitative estimate of drug-likeness (QED) is 0.770. The summed E-state index contributed by atoms with van der Waals surface area (Å²) in [6.45, 7) is 1.49. The third kappa shape index (κ3) is 3.74. The molecule has 0 aliphatic rings. The maximum absolute atomic E-state index is 11.8. The van der Waals surface area contributed by atoms with Gasteiger partial charge in [-0.15, -0.1) is 0 Å². The average Bonchev–Trinajstić information content (AvgIpc) is 2.44. The first-order valence-corrected chi connectivity index (χ1v) is 6.14. The molecule has 1 heterocycles. The molecule has 0 saturated carbocycles. The first-order chi connectivity index (χ1) is 9.31. The molecule has 2 N–H and O–H groups in total. The minimum atomic E-state index is -0.0887. The Morgan fingerprint density at radius 1 is 1.32 bits per heavy atom. The van der Waals surface area contributed by atoms with Crippen molar-refractivity contribution in [1.29, 1.82) is 0 Å². The number of aromatic nitrogens is 1. The molecule has 5 heteroatoms. The van der Waals surface area contributed by atoms with E-state index in [0.717, 1.165) is 16.6 Å². The summed E-state index contributed by atoms with van der Waals surface area (Å²) >= 11 is 0. The van der Waals surface area contributed by atoms with E-state index in [-0.39, 0.29) is 12.5 Å². The lowest BCUT2D eigenvalue weighted by Gasteiger charge is -2.08. The highest BCUT2D eigenvalue weighted by atomic mass is 16.5. The largest absolute Gasteiger partial charge is 0.383 e. The van der Waals surface area contributed by atoms with Crippen LogP contribution in [0.5, 0.6) is 0 Å². The molecule has 1 aromatic heterocycles. The molecular formula is C14H17N3O2. The van der Waals surface area contributed by atoms with Gasteiger partial charge in [-0.05, 0) is 12.1 Å². The zero-order valence-electron chi connectivity index (χ0n) is 10.8. The number of nitrogens with one attached hydrogen (secondary N) is 2. The minimum Gasteiger partial charge on any atom is -0.383 e. The summed E-state index contributed by atoms with van der Waals surface area (Å²) in [6, 6.07) is 9.56. The summed E-state index contributed by atoms with van der Waals surface area (Å²) < 4.78 is 4.90. The second kappa shape index (κ2) is 6.82. The molecule has 0 spiro atoms. The van der Waals surface area contributed by atoms with Crippen molar-refractivity contribution in [1.82, 2.24) is 10.3 Å². The highest BCUT2D eigenvalue weighted by Gasteiger charge is 2.05. The predicted octanol–water partition coefficient (Wildman–Crippen LogP) is 1.41. The van der Waals surface area contributed by atoms with Crippen molar-refractivity contribution in [2.24, 2.45) is 0 Å². The van der Waals surface area contributed by atoms with Gasteiger partial charge in [0.1, 0.15) is 0 Å². The van der Waals surface area contributed by atoms with E-state index in [9.17, 15) is 4.79 Å². The molecule has 0 atom stereocenters. The number of pyridine rings is 1. The molecule has 0 aliphatic carbocycles. The van der Waals surface area contributed by atoms with E-state index in [4.69, 9.17) is 4.74 Å². The zero-order chi connectivity index (χ0) is 13.5. The van der Waals surface area contributed by atoms with E-state index in [1.54, 1.807) is 13.3 Å². The van der Waals surface area contributed by atoms with Crippen LogP contribution in [-0.4, -0.2) is 37.7 Å². The maximum atomic E-state index is 11.8. The number of para-hydroxylation sites is 1. The van der Waals surface area contributed by atoms with Gasteiger partial charge in [0.15, 0.2) is 0 Å². The molecule has 0 aliphatic heterocycles. The summed E-state index contributed by atoms with van der Waals surface area (Å²) in [6.07, 6.45) is 1.72. The third-order valence-electron chi connectivity index (χ3n) is 2.68. The number of carbonyl (C=O) groups excluding carboxylic acids is 1. The molecule has 0 radical (unpaired) electrons. The number of hydrogen-bond acceptors (Lipinski definition) is 4. The van der Waals surface area contributed by atoms with Crippen LogP contribution in [0.25, 0.3) is 10.9 Å². The summed E-state index contributed by atoms with van der Waals surface area (Å²) in [5.41, 5.74) is 1.53. The first kappa shape index (κ1) is 13.5. The summed E-state index contributed by atoms with van der Waals surface area (Å²) in [7, 11) is 1.63. The summed E-state index contributed by atoms with van der Waals surface area (Å²) in [4.78, 5) is 16.1. The second-order valence-corrected chi connectivity index (χ2v) is 4.10. The van der Waals surface area contributed by atoms with E-state index < -0.39 is 0 Å². The van der Waals surface area contributed by atoms with Crippen molar-refractivity contribution >= 4 is 22.5 Å². The highest BCUT2D eigenvalue weighted by Crippen LogP contribution is 2.20. The Morgan fingerprint density at radius 3 is 3.00 bits per heavy atom. The number of ether oxygens (including phenoxy) is 1. The molecule has 1 amide bonds. The monoisotopic (exact) mass is 259 g/mol. The Labute approximate surface area is 112 Å². The Hall–Kier alpha value is -1.98. The van der Waals surface area contributed by atoms with Crippen LogP contribution in [0.3, 0.4) is 0 Å². The van der Waals surface area contributed by atoms with E-state index in [0.29, 0.717) is 13.2 Å². The van der Waals surface area contributed by atoms with Crippen LogP contribution in [0.1, 0.15) is 0 Å². The molecule has 1 aromatic carbocycles. The third-order valence-corrected chi connectivity index (χ3v) is 2.68. The first-order valence-electron chi connectivity index (χ1n) is 6.14. The molecule has 5 nitrogen and oxygen atoms in total. The number of methoxy groups -OCH3 is 1. The van der Waals surface area contributed by atoms with Crippen LogP contribution in [0.15, 0.2) is 36.5 Å². The average molecular weight is 259 g/mol. The van der Waals surface area contributed by atoms with Crippen LogP contribution in [0.2, 0.25) is 0 Å². The van der Waals surface area contributed by atoms with Gasteiger partial charge in [0.2, 0.25) is 5.91 Å². The highest BCUT2D eigenvalue weighted by molar-refractivity contribution is 6.00. The fourth-order valence-corrected chi connectivity index (χ4v) is 1.78. The summed E-state index contributed by atoms with van der Waals surface area (Å²) in [5.74, 6) is -0.0887. The van der Waals surface area contributed by atoms with Gasteiger partial charge in [-0.2, -0.15) is 0 Å². The van der Waals surface area contributed by atoms with Crippen LogP contribution in [0, 0.1) is 0 Å². The van der Waals surface area contributed by atoms with E-state index in [1.165, 1.54) is 0 Å². The zero-order valence-corrected chi connectivity index (χ0v) is 10.8. The maximum Gasteiger partial charge on any atom is 0.238 e. The Balaban J connectivity index is 1.99. The molecule has 0 saturated heterocycles. The van der Waals surface area contributed by atoms with Gasteiger partial charge in [-0.1, -0.05) is 18.2 Å². The Morgan fingerprint density at radius 2 is 2.16 bits per heavy atom. The molecule has 0 fully saturated rings. The number of carbonyl (C=O) groups is 1. The Kier molecular flexibility index (Phi) is 4.83. The van der Waals surface area contributed by atoms with E-state index in [2.05, 4.69) is 15.6 Å². The van der Waals surface area contributed by atoms with Crippen molar-refractivity contribution < 1.29 is 9.53 Å². The standard InChI is InChI=1S/C14H17N3O2/c1-19-9-8-15-10-13(18)17-12-6-2-4-11-5-3-7-16-14(11)12/h2-7,15H,8-10H2,1H3,(H,17,18). The van der Waals surface area contributed by atoms with Gasteiger partial charge in [-0.25, -0.2) is 0 Å². The number of rotatable bonds is 6. The predicted molar refractivity (Wildman–Crippen MR) is 75.1 cm³/mol. The number of fused-ring (bicyclic) bond motifs is 1. The van der Waals surface area contributed by atoms with Gasteiger partial charge in [0.25, 0.3) is 0 Å². The molecule has 0 unspecified atom stereocenters. The topological polar surface area (TPSA) is 63.2 Å². The van der Waals surface area contributed by atoms with Crippen molar-refractivity contribution in [3.05, 3.63) is 36.5 Å². The van der Waals surface area contributed by atoms with Crippen LogP contribution in [0.4, 0.5) is 5.69 Å². The van der Waals surface area contributed by atoms with Gasteiger partial charge < -0.3 is 15.4 Å². The smallest absolute Gasteiger partial charge is 0.238 e. The number of nitrogens with zero attached hydrogens (tertiary/aromatic N) is 1. The lowest BCUT2D eigenvalue weighted by molar-refractivity contribution is -0.115. The molecule has 2 rings (SSSR count). The fourth-order valence-electron chi connectivity index (χ4n) is 1.78. The summed E-state index contributed by atoms with van der Waals surface area (Å²) in [5, 5.41) is 6.86. The SMILES string of the molecule is COCCNCC(=O)Nc1cccc2cccnc12. The number of anilines is 1. The molecule has 19 heavy (non-hydrogen) atoms. The molecule has 0 bridgehead atoms. The molecule has 2 aromatic rings. The lowest BCUT2D eigenvalue weighted by atomic mass is 10.2. The van der Waals surface area contributed by atoms with Gasteiger partial charge in [0.05, 0.1) is 24.4 Å². The lowest BCUT2D eigenvalue weighted by Crippen LogP contribution is -2.30. The number of benzene rings is 1. The van der Waals surface area contributed by atoms with E-state index in [1.807, 2.05) is 30.3 Å². The number of hydrogen-bond donors (Lipinski definition) is 2. The second-order valence-electron chi connectivity index (χ2n) is 4.10. The van der Waals surface area contributed by atoms with Crippen molar-refractivity contribution in [2.75, 3.05) is 32.1 Å². The normalized spacial score (nSPS) is 10.6. The van der Waals surface area contributed by atoms with E-state index >= 15 is 0 Å². The molecular weight excluding hydrogens is 242 g/mol. The fraction of sp³-hybridized carbons (Fsp3) is 0.286. The van der Waals surface area contributed by atoms with Crippen molar-refractivity contribution in [2.45, 2.75) is 0 Å². The number of amides is 1. The van der Waals surface area contributed by atoms with Crippen LogP contribution in [-0.2, 0) is 9.53 Å².